The summed E-state index contributed by atoms with van der Waals surface area (Å²) >= 11 is 1.21. The average molecular weight is 592 g/mol. The molecular formula is C26H37N7O7S. The van der Waals surface area contributed by atoms with Crippen molar-refractivity contribution >= 4 is 46.0 Å². The van der Waals surface area contributed by atoms with Crippen molar-refractivity contribution in [1.29, 1.82) is 0 Å². The number of primary amides is 1. The van der Waals surface area contributed by atoms with E-state index >= 15 is 0 Å². The minimum atomic E-state index is -1.04. The molecule has 0 saturated carbocycles. The molecule has 0 aliphatic heterocycles. The van der Waals surface area contributed by atoms with Crippen LogP contribution in [0.4, 0.5) is 5.13 Å². The van der Waals surface area contributed by atoms with E-state index < -0.39 is 60.2 Å². The Kier molecular flexibility index (Phi) is 12.5. The molecule has 0 aliphatic carbocycles. The molecule has 0 fully saturated rings. The third-order valence-corrected chi connectivity index (χ3v) is 6.83. The Bertz CT molecular complexity index is 1220. The van der Waals surface area contributed by atoms with Crippen molar-refractivity contribution in [1.82, 2.24) is 26.3 Å². The lowest BCUT2D eigenvalue weighted by atomic mass is 10.0. The van der Waals surface area contributed by atoms with Crippen LogP contribution in [0.25, 0.3) is 0 Å². The average Bonchev–Trinajstić information content (AvgIpc) is 3.38. The number of hydrogen-bond acceptors (Lipinski definition) is 10. The lowest BCUT2D eigenvalue weighted by Gasteiger charge is -2.24. The van der Waals surface area contributed by atoms with Crippen LogP contribution in [0, 0.1) is 5.92 Å². The molecule has 0 saturated heterocycles. The van der Waals surface area contributed by atoms with Crippen LogP contribution in [0.15, 0.2) is 30.5 Å². The zero-order chi connectivity index (χ0) is 30.7. The van der Waals surface area contributed by atoms with Crippen molar-refractivity contribution in [2.75, 3.05) is 11.9 Å². The third-order valence-electron chi connectivity index (χ3n) is 5.92. The minimum Gasteiger partial charge on any atom is -0.508 e. The van der Waals surface area contributed by atoms with Gasteiger partial charge in [-0.1, -0.05) is 37.3 Å². The molecule has 1 aromatic heterocycles. The summed E-state index contributed by atoms with van der Waals surface area (Å²) in [5.41, 5.74) is 6.04. The van der Waals surface area contributed by atoms with Crippen LogP contribution in [-0.4, -0.2) is 75.4 Å². The van der Waals surface area contributed by atoms with Gasteiger partial charge in [0.2, 0.25) is 29.5 Å². The molecule has 14 nitrogen and oxygen atoms in total. The smallest absolute Gasteiger partial charge is 0.243 e. The van der Waals surface area contributed by atoms with Gasteiger partial charge in [0.15, 0.2) is 5.13 Å². The normalized spacial score (nSPS) is 13.8. The monoisotopic (exact) mass is 591 g/mol. The number of aromatic hydroxyl groups is 1. The number of carbonyl (C=O) groups is 5. The summed E-state index contributed by atoms with van der Waals surface area (Å²) in [5.74, 6) is -3.27. The predicted molar refractivity (Wildman–Crippen MR) is 151 cm³/mol. The Labute approximate surface area is 241 Å². The third kappa shape index (κ3) is 10.7. The molecule has 5 amide bonds. The van der Waals surface area contributed by atoms with Crippen LogP contribution in [-0.2, 0) is 37.0 Å². The summed E-state index contributed by atoms with van der Waals surface area (Å²) in [6.07, 6.45) is 1.59. The van der Waals surface area contributed by atoms with Crippen LogP contribution in [0.3, 0.4) is 0 Å². The predicted octanol–water partition coefficient (Wildman–Crippen LogP) is -0.884. The highest BCUT2D eigenvalue weighted by Gasteiger charge is 2.28. The van der Waals surface area contributed by atoms with Gasteiger partial charge in [0.25, 0.3) is 0 Å². The van der Waals surface area contributed by atoms with Gasteiger partial charge in [0.1, 0.15) is 29.9 Å². The summed E-state index contributed by atoms with van der Waals surface area (Å²) < 4.78 is 0. The minimum absolute atomic E-state index is 0.0514. The van der Waals surface area contributed by atoms with E-state index in [0.29, 0.717) is 15.6 Å². The van der Waals surface area contributed by atoms with E-state index in [1.54, 1.807) is 12.1 Å². The molecule has 2 aromatic rings. The summed E-state index contributed by atoms with van der Waals surface area (Å²) in [7, 11) is 0. The first kappa shape index (κ1) is 33.0. The molecule has 15 heteroatoms. The standard InChI is InChI=1S/C26H37N7O7S/c1-13(2)21(33-26-29-10-18(12-34)41-26)25(40)31-15(4)24(39)30-14(3)23(38)28-11-20(36)32-19(22(27)37)9-16-5-7-17(35)8-6-16/h5-8,10,13-15,19,21,34-35H,9,11-12H2,1-4H3,(H2,27,37)(H,28,38)(H,29,33)(H,30,39)(H,31,40)(H,32,36)/t14-,15-,19-,21-/m0/s1. The van der Waals surface area contributed by atoms with Gasteiger partial charge in [-0.2, -0.15) is 0 Å². The van der Waals surface area contributed by atoms with Crippen molar-refractivity contribution in [3.05, 3.63) is 40.9 Å². The van der Waals surface area contributed by atoms with Crippen molar-refractivity contribution in [2.24, 2.45) is 11.7 Å². The number of nitrogens with zero attached hydrogens (tertiary/aromatic N) is 1. The van der Waals surface area contributed by atoms with Gasteiger partial charge in [0, 0.05) is 12.6 Å². The van der Waals surface area contributed by atoms with E-state index in [0.717, 1.165) is 0 Å². The molecule has 4 atom stereocenters. The topological polar surface area (TPSA) is 225 Å². The number of nitrogens with two attached hydrogens (primary N) is 1. The zero-order valence-electron chi connectivity index (χ0n) is 23.3. The summed E-state index contributed by atoms with van der Waals surface area (Å²) in [6, 6.07) is 2.28. The highest BCUT2D eigenvalue weighted by Crippen LogP contribution is 2.20. The number of amides is 5. The van der Waals surface area contributed by atoms with Crippen molar-refractivity contribution in [2.45, 2.75) is 64.9 Å². The molecule has 224 valence electrons. The molecule has 0 bridgehead atoms. The number of carbonyl (C=O) groups excluding carboxylic acids is 5. The van der Waals surface area contributed by atoms with E-state index in [2.05, 4.69) is 31.6 Å². The van der Waals surface area contributed by atoms with E-state index in [9.17, 15) is 34.2 Å². The number of thiazole rings is 1. The van der Waals surface area contributed by atoms with E-state index in [1.165, 1.54) is 43.5 Å². The Morgan fingerprint density at radius 3 is 2.10 bits per heavy atom. The molecular weight excluding hydrogens is 554 g/mol. The highest BCUT2D eigenvalue weighted by atomic mass is 32.1. The molecule has 1 aromatic carbocycles. The zero-order valence-corrected chi connectivity index (χ0v) is 24.1. The van der Waals surface area contributed by atoms with E-state index in [4.69, 9.17) is 5.73 Å². The first-order chi connectivity index (χ1) is 19.3. The van der Waals surface area contributed by atoms with E-state index in [1.807, 2.05) is 13.8 Å². The fraction of sp³-hybridized carbons (Fsp3) is 0.462. The van der Waals surface area contributed by atoms with Gasteiger partial charge in [-0.3, -0.25) is 24.0 Å². The number of aliphatic hydroxyl groups is 1. The van der Waals surface area contributed by atoms with Gasteiger partial charge in [-0.25, -0.2) is 4.98 Å². The number of rotatable bonds is 15. The van der Waals surface area contributed by atoms with Gasteiger partial charge >= 0.3 is 0 Å². The maximum Gasteiger partial charge on any atom is 0.243 e. The van der Waals surface area contributed by atoms with Gasteiger partial charge in [0.05, 0.1) is 18.0 Å². The van der Waals surface area contributed by atoms with Crippen molar-refractivity contribution in [3.8, 4) is 5.75 Å². The molecule has 0 radical (unpaired) electrons. The van der Waals surface area contributed by atoms with Gasteiger partial charge < -0.3 is 42.5 Å². The maximum absolute atomic E-state index is 12.8. The van der Waals surface area contributed by atoms with Crippen LogP contribution < -0.4 is 32.3 Å². The van der Waals surface area contributed by atoms with Crippen LogP contribution in [0.5, 0.6) is 5.75 Å². The number of anilines is 1. The van der Waals surface area contributed by atoms with Crippen LogP contribution >= 0.6 is 11.3 Å². The summed E-state index contributed by atoms with van der Waals surface area (Å²) in [5, 5.41) is 32.0. The molecule has 9 N–H and O–H groups in total. The number of phenolic OH excluding ortho intramolecular Hbond substituents is 1. The Morgan fingerprint density at radius 1 is 0.927 bits per heavy atom. The second kappa shape index (κ2) is 15.5. The quantitative estimate of drug-likeness (QED) is 0.128. The van der Waals surface area contributed by atoms with Crippen LogP contribution in [0.2, 0.25) is 0 Å². The summed E-state index contributed by atoms with van der Waals surface area (Å²) in [6.45, 7) is 5.89. The SMILES string of the molecule is CC(C)[C@H](Nc1ncc(CO)s1)C(=O)N[C@@H](C)C(=O)N[C@@H](C)C(=O)NCC(=O)N[C@@H](Cc1ccc(O)cc1)C(N)=O. The van der Waals surface area contributed by atoms with Crippen molar-refractivity contribution in [3.63, 3.8) is 0 Å². The van der Waals surface area contributed by atoms with Gasteiger partial charge in [-0.05, 0) is 37.5 Å². The molecule has 1 heterocycles. The lowest BCUT2D eigenvalue weighted by Crippen LogP contribution is -2.55. The second-order valence-electron chi connectivity index (χ2n) is 9.73. The largest absolute Gasteiger partial charge is 0.508 e. The van der Waals surface area contributed by atoms with Gasteiger partial charge in [-0.15, -0.1) is 0 Å². The number of benzene rings is 1. The number of hydrogen-bond donors (Lipinski definition) is 8. The molecule has 0 unspecified atom stereocenters. The fourth-order valence-corrected chi connectivity index (χ4v) is 4.25. The fourth-order valence-electron chi connectivity index (χ4n) is 3.54. The number of aromatic nitrogens is 1. The van der Waals surface area contributed by atoms with E-state index in [-0.39, 0.29) is 24.7 Å². The first-order valence-electron chi connectivity index (χ1n) is 12.9. The summed E-state index contributed by atoms with van der Waals surface area (Å²) in [4.78, 5) is 66.8. The molecule has 0 aliphatic rings. The Hall–Kier alpha value is -4.24. The molecule has 41 heavy (non-hydrogen) atoms. The second-order valence-corrected chi connectivity index (χ2v) is 10.8. The Morgan fingerprint density at radius 2 is 1.54 bits per heavy atom. The number of phenols is 1. The molecule has 2 rings (SSSR count). The Balaban J connectivity index is 1.83. The maximum atomic E-state index is 12.8. The van der Waals surface area contributed by atoms with Crippen LogP contribution in [0.1, 0.15) is 38.1 Å². The number of nitrogens with one attached hydrogen (secondary N) is 5. The van der Waals surface area contributed by atoms with Crippen molar-refractivity contribution < 1.29 is 34.2 Å². The highest BCUT2D eigenvalue weighted by molar-refractivity contribution is 7.15. The lowest BCUT2D eigenvalue weighted by molar-refractivity contribution is -0.132. The number of aliphatic hydroxyl groups excluding tert-OH is 1. The first-order valence-corrected chi connectivity index (χ1v) is 13.7. The molecule has 0 spiro atoms.